The molecule has 1 atom stereocenters. The van der Waals surface area contributed by atoms with Crippen molar-refractivity contribution in [2.45, 2.75) is 18.8 Å². The fourth-order valence-corrected chi connectivity index (χ4v) is 1.37. The monoisotopic (exact) mass is 235 g/mol. The van der Waals surface area contributed by atoms with Crippen molar-refractivity contribution in [2.75, 3.05) is 0 Å². The number of hydrogen-bond acceptors (Lipinski definition) is 5. The Morgan fingerprint density at radius 1 is 1.56 bits per heavy atom. The molecule has 0 spiro atoms. The van der Waals surface area contributed by atoms with E-state index in [2.05, 4.69) is 15.5 Å². The normalized spacial score (nSPS) is 23.6. The van der Waals surface area contributed by atoms with Crippen molar-refractivity contribution in [1.29, 1.82) is 0 Å². The first kappa shape index (κ1) is 10.8. The van der Waals surface area contributed by atoms with Gasteiger partial charge in [-0.25, -0.2) is 4.79 Å². The number of nitrogens with zero attached hydrogens (tertiary/aromatic N) is 1. The van der Waals surface area contributed by atoms with Crippen molar-refractivity contribution >= 4 is 5.97 Å². The first-order valence-corrected chi connectivity index (χ1v) is 4.42. The summed E-state index contributed by atoms with van der Waals surface area (Å²) in [5.74, 6) is -2.19. The third kappa shape index (κ3) is 2.11. The number of fused-ring (bicyclic) bond motifs is 1. The van der Waals surface area contributed by atoms with Crippen molar-refractivity contribution in [3.05, 3.63) is 24.3 Å². The fraction of sp³-hybridized carbons (Fsp3) is 0.375. The van der Waals surface area contributed by atoms with Gasteiger partial charge in [-0.15, -0.1) is 0 Å². The Hall–Kier alpha value is -1.70. The van der Waals surface area contributed by atoms with Crippen LogP contribution in [0.1, 0.15) is 6.42 Å². The molecule has 16 heavy (non-hydrogen) atoms. The summed E-state index contributed by atoms with van der Waals surface area (Å²) >= 11 is 0. The van der Waals surface area contributed by atoms with Gasteiger partial charge in [-0.1, -0.05) is 0 Å². The first-order valence-electron chi connectivity index (χ1n) is 4.42. The van der Waals surface area contributed by atoms with Gasteiger partial charge in [0.1, 0.15) is 0 Å². The SMILES string of the molecule is O=C(OC1CC2=CNC=CN2N1)C(F)(F)F. The zero-order valence-electron chi connectivity index (χ0n) is 7.91. The molecule has 8 heteroatoms. The molecular formula is C8H8F3N3O2. The summed E-state index contributed by atoms with van der Waals surface area (Å²) in [4.78, 5) is 10.6. The van der Waals surface area contributed by atoms with Gasteiger partial charge in [0, 0.05) is 25.0 Å². The van der Waals surface area contributed by atoms with E-state index in [4.69, 9.17) is 0 Å². The van der Waals surface area contributed by atoms with Crippen molar-refractivity contribution in [3.8, 4) is 0 Å². The van der Waals surface area contributed by atoms with Crippen LogP contribution in [-0.4, -0.2) is 23.4 Å². The molecular weight excluding hydrogens is 227 g/mol. The van der Waals surface area contributed by atoms with Crippen molar-refractivity contribution in [1.82, 2.24) is 15.8 Å². The Morgan fingerprint density at radius 2 is 2.31 bits per heavy atom. The summed E-state index contributed by atoms with van der Waals surface area (Å²) in [6.07, 6.45) is -1.01. The number of carbonyl (C=O) groups is 1. The maximum Gasteiger partial charge on any atom is 0.490 e. The number of rotatable bonds is 1. The Kier molecular flexibility index (Phi) is 2.50. The molecule has 0 aromatic heterocycles. The highest BCUT2D eigenvalue weighted by Crippen LogP contribution is 2.24. The average molecular weight is 235 g/mol. The van der Waals surface area contributed by atoms with Crippen LogP contribution in [0.3, 0.4) is 0 Å². The van der Waals surface area contributed by atoms with E-state index in [9.17, 15) is 18.0 Å². The summed E-state index contributed by atoms with van der Waals surface area (Å²) in [6, 6.07) is 0. The van der Waals surface area contributed by atoms with E-state index in [0.29, 0.717) is 5.70 Å². The van der Waals surface area contributed by atoms with Crippen molar-refractivity contribution < 1.29 is 22.7 Å². The van der Waals surface area contributed by atoms with E-state index in [1.165, 1.54) is 5.01 Å². The molecule has 0 radical (unpaired) electrons. The summed E-state index contributed by atoms with van der Waals surface area (Å²) in [6.45, 7) is 0. The van der Waals surface area contributed by atoms with Crippen LogP contribution in [0.15, 0.2) is 24.3 Å². The molecule has 2 aliphatic rings. The molecule has 5 nitrogen and oxygen atoms in total. The lowest BCUT2D eigenvalue weighted by molar-refractivity contribution is -0.206. The topological polar surface area (TPSA) is 53.6 Å². The van der Waals surface area contributed by atoms with E-state index in [1.54, 1.807) is 18.6 Å². The minimum atomic E-state index is -4.97. The fourth-order valence-electron chi connectivity index (χ4n) is 1.37. The van der Waals surface area contributed by atoms with Gasteiger partial charge in [-0.3, -0.25) is 5.01 Å². The maximum absolute atomic E-state index is 11.9. The van der Waals surface area contributed by atoms with Crippen LogP contribution in [0, 0.1) is 0 Å². The standard InChI is InChI=1S/C8H8F3N3O2/c9-8(10,11)7(15)16-6-3-5-4-12-1-2-14(5)13-6/h1-2,4,6,12-13H,3H2. The second kappa shape index (κ2) is 3.71. The molecule has 0 aliphatic carbocycles. The Morgan fingerprint density at radius 3 is 2.94 bits per heavy atom. The number of carbonyl (C=O) groups excluding carboxylic acids is 1. The van der Waals surface area contributed by atoms with E-state index in [0.717, 1.165) is 0 Å². The highest BCUT2D eigenvalue weighted by atomic mass is 19.4. The molecule has 2 rings (SSSR count). The molecule has 2 aliphatic heterocycles. The number of ether oxygens (including phenoxy) is 1. The average Bonchev–Trinajstić information content (AvgIpc) is 2.58. The highest BCUT2D eigenvalue weighted by molar-refractivity contribution is 5.75. The number of nitrogens with one attached hydrogen (secondary N) is 2. The van der Waals surface area contributed by atoms with E-state index in [1.807, 2.05) is 0 Å². The number of alkyl halides is 3. The van der Waals surface area contributed by atoms with Crippen LogP contribution >= 0.6 is 0 Å². The van der Waals surface area contributed by atoms with Crippen LogP contribution < -0.4 is 10.7 Å². The summed E-state index contributed by atoms with van der Waals surface area (Å²) in [5.41, 5.74) is 3.29. The van der Waals surface area contributed by atoms with Gasteiger partial charge in [-0.05, 0) is 0 Å². The molecule has 1 fully saturated rings. The zero-order valence-corrected chi connectivity index (χ0v) is 7.91. The van der Waals surface area contributed by atoms with Crippen LogP contribution in [0.2, 0.25) is 0 Å². The summed E-state index contributed by atoms with van der Waals surface area (Å²) in [5, 5.41) is 4.26. The van der Waals surface area contributed by atoms with E-state index in [-0.39, 0.29) is 6.42 Å². The van der Waals surface area contributed by atoms with E-state index < -0.39 is 18.4 Å². The minimum absolute atomic E-state index is 0.180. The zero-order chi connectivity index (χ0) is 11.8. The minimum Gasteiger partial charge on any atom is -0.438 e. The van der Waals surface area contributed by atoms with Crippen LogP contribution in [-0.2, 0) is 9.53 Å². The first-order chi connectivity index (χ1) is 7.47. The largest absolute Gasteiger partial charge is 0.490 e. The molecule has 1 saturated heterocycles. The molecule has 2 heterocycles. The second-order valence-electron chi connectivity index (χ2n) is 3.21. The number of hydrogen-bond donors (Lipinski definition) is 2. The Bertz CT molecular complexity index is 364. The Labute approximate surface area is 88.5 Å². The predicted octanol–water partition coefficient (Wildman–Crippen LogP) is 0.544. The van der Waals surface area contributed by atoms with Gasteiger partial charge in [0.25, 0.3) is 0 Å². The van der Waals surface area contributed by atoms with Gasteiger partial charge in [0.2, 0.25) is 0 Å². The summed E-state index contributed by atoms with van der Waals surface area (Å²) < 4.78 is 40.0. The number of halogens is 3. The number of hydrazine groups is 1. The molecule has 1 unspecified atom stereocenters. The third-order valence-electron chi connectivity index (χ3n) is 2.04. The molecule has 88 valence electrons. The lowest BCUT2D eigenvalue weighted by Gasteiger charge is -2.18. The molecule has 0 aromatic rings. The second-order valence-corrected chi connectivity index (χ2v) is 3.21. The Balaban J connectivity index is 1.95. The summed E-state index contributed by atoms with van der Waals surface area (Å²) in [7, 11) is 0. The third-order valence-corrected chi connectivity index (χ3v) is 2.04. The van der Waals surface area contributed by atoms with Crippen LogP contribution in [0.4, 0.5) is 13.2 Å². The van der Waals surface area contributed by atoms with Crippen LogP contribution in [0.25, 0.3) is 0 Å². The lowest BCUT2D eigenvalue weighted by Crippen LogP contribution is -2.38. The maximum atomic E-state index is 11.9. The smallest absolute Gasteiger partial charge is 0.438 e. The van der Waals surface area contributed by atoms with E-state index >= 15 is 0 Å². The van der Waals surface area contributed by atoms with Crippen molar-refractivity contribution in [3.63, 3.8) is 0 Å². The van der Waals surface area contributed by atoms with Crippen molar-refractivity contribution in [2.24, 2.45) is 0 Å². The van der Waals surface area contributed by atoms with Gasteiger partial charge in [-0.2, -0.15) is 18.6 Å². The predicted molar refractivity (Wildman–Crippen MR) is 45.9 cm³/mol. The molecule has 2 N–H and O–H groups in total. The highest BCUT2D eigenvalue weighted by Gasteiger charge is 2.43. The lowest BCUT2D eigenvalue weighted by atomic mass is 10.3. The van der Waals surface area contributed by atoms with Crippen LogP contribution in [0.5, 0.6) is 0 Å². The molecule has 0 bridgehead atoms. The van der Waals surface area contributed by atoms with Gasteiger partial charge >= 0.3 is 12.1 Å². The van der Waals surface area contributed by atoms with Gasteiger partial charge in [0.15, 0.2) is 6.23 Å². The van der Waals surface area contributed by atoms with Gasteiger partial charge < -0.3 is 10.1 Å². The molecule has 0 amide bonds. The molecule has 0 saturated carbocycles. The van der Waals surface area contributed by atoms with Gasteiger partial charge in [0.05, 0.1) is 5.70 Å². The molecule has 0 aromatic carbocycles. The number of esters is 1. The quantitative estimate of drug-likeness (QED) is 0.650.